The minimum atomic E-state index is -0.649. The fourth-order valence-corrected chi connectivity index (χ4v) is 3.62. The van der Waals surface area contributed by atoms with Crippen molar-refractivity contribution in [3.63, 3.8) is 0 Å². The molecule has 2 aromatic carbocycles. The Hall–Kier alpha value is -3.12. The van der Waals surface area contributed by atoms with E-state index in [-0.39, 0.29) is 17.5 Å². The lowest BCUT2D eigenvalue weighted by Gasteiger charge is -2.24. The Labute approximate surface area is 149 Å². The molecule has 0 radical (unpaired) electrons. The first-order valence-electron chi connectivity index (χ1n) is 8.62. The summed E-state index contributed by atoms with van der Waals surface area (Å²) in [6.45, 7) is 2.75. The summed E-state index contributed by atoms with van der Waals surface area (Å²) in [5, 5.41) is 12.9. The number of H-pyrrole nitrogens is 1. The molecule has 0 aliphatic carbocycles. The number of aromatic amines is 1. The molecule has 26 heavy (non-hydrogen) atoms. The number of nitrogens with one attached hydrogen (secondary N) is 1. The molecule has 1 atom stereocenters. The molecule has 3 aromatic rings. The van der Waals surface area contributed by atoms with Gasteiger partial charge in [0.25, 0.3) is 5.56 Å². The Morgan fingerprint density at radius 1 is 1.12 bits per heavy atom. The summed E-state index contributed by atoms with van der Waals surface area (Å²) in [6, 6.07) is 14.8. The number of hydrogen-bond donors (Lipinski definition) is 3. The predicted octanol–water partition coefficient (Wildman–Crippen LogP) is 0.749. The van der Waals surface area contributed by atoms with Crippen molar-refractivity contribution in [1.82, 2.24) is 9.55 Å². The normalized spacial score (nSPS) is 16.3. The third kappa shape index (κ3) is 2.64. The molecule has 0 saturated heterocycles. The maximum absolute atomic E-state index is 12.6. The first-order valence-corrected chi connectivity index (χ1v) is 8.62. The first kappa shape index (κ1) is 16.4. The lowest BCUT2D eigenvalue weighted by molar-refractivity contribution is -0.690. The minimum absolute atomic E-state index is 0.206. The predicted molar refractivity (Wildman–Crippen MR) is 97.8 cm³/mol. The van der Waals surface area contributed by atoms with Crippen molar-refractivity contribution in [2.24, 2.45) is 0 Å². The van der Waals surface area contributed by atoms with Crippen LogP contribution in [0.4, 0.5) is 0 Å². The summed E-state index contributed by atoms with van der Waals surface area (Å²) in [7, 11) is 0. The lowest BCUT2D eigenvalue weighted by atomic mass is 9.90. The highest BCUT2D eigenvalue weighted by Gasteiger charge is 2.31. The van der Waals surface area contributed by atoms with Gasteiger partial charge in [0.15, 0.2) is 0 Å². The van der Waals surface area contributed by atoms with Crippen LogP contribution in [0.1, 0.15) is 28.3 Å². The molecule has 132 valence electrons. The van der Waals surface area contributed by atoms with Gasteiger partial charge in [-0.05, 0) is 24.6 Å². The zero-order valence-electron chi connectivity index (χ0n) is 14.4. The van der Waals surface area contributed by atoms with E-state index in [1.807, 2.05) is 48.6 Å². The van der Waals surface area contributed by atoms with Gasteiger partial charge >= 0.3 is 5.69 Å². The second-order valence-corrected chi connectivity index (χ2v) is 6.62. The molecule has 2 heterocycles. The van der Waals surface area contributed by atoms with Crippen LogP contribution in [-0.4, -0.2) is 21.2 Å². The van der Waals surface area contributed by atoms with Gasteiger partial charge in [0, 0.05) is 12.0 Å². The van der Waals surface area contributed by atoms with E-state index in [1.54, 1.807) is 12.1 Å². The molecule has 1 aliphatic rings. The van der Waals surface area contributed by atoms with Crippen LogP contribution in [0.5, 0.6) is 5.88 Å². The van der Waals surface area contributed by atoms with E-state index in [2.05, 4.69) is 4.98 Å². The van der Waals surface area contributed by atoms with Crippen molar-refractivity contribution in [2.45, 2.75) is 19.4 Å². The largest absolute Gasteiger partial charge is 0.494 e. The maximum Gasteiger partial charge on any atom is 0.335 e. The number of nitrogens with two attached hydrogens (primary N) is 1. The quantitative estimate of drug-likeness (QED) is 0.637. The molecule has 0 spiro atoms. The monoisotopic (exact) mass is 350 g/mol. The van der Waals surface area contributed by atoms with E-state index in [4.69, 9.17) is 0 Å². The summed E-state index contributed by atoms with van der Waals surface area (Å²) in [4.78, 5) is 27.3. The van der Waals surface area contributed by atoms with Crippen LogP contribution in [-0.2, 0) is 6.42 Å². The van der Waals surface area contributed by atoms with Crippen LogP contribution in [0.15, 0.2) is 58.1 Å². The highest BCUT2D eigenvalue weighted by atomic mass is 16.3. The number of aryl methyl sites for hydroxylation is 1. The van der Waals surface area contributed by atoms with E-state index in [9.17, 15) is 14.7 Å². The Balaban J connectivity index is 1.94. The fraction of sp³-hybridized carbons (Fsp3) is 0.200. The number of hydrogen-bond acceptors (Lipinski definition) is 3. The summed E-state index contributed by atoms with van der Waals surface area (Å²) in [6.07, 6.45) is 0.906. The van der Waals surface area contributed by atoms with Gasteiger partial charge in [-0.2, -0.15) is 0 Å². The van der Waals surface area contributed by atoms with Crippen LogP contribution in [0, 0.1) is 6.92 Å². The Morgan fingerprint density at radius 2 is 1.85 bits per heavy atom. The van der Waals surface area contributed by atoms with Gasteiger partial charge in [-0.25, -0.2) is 9.36 Å². The molecule has 0 saturated carbocycles. The van der Waals surface area contributed by atoms with Crippen LogP contribution < -0.4 is 16.6 Å². The second-order valence-electron chi connectivity index (χ2n) is 6.62. The van der Waals surface area contributed by atoms with Gasteiger partial charge in [0.05, 0.1) is 12.2 Å². The van der Waals surface area contributed by atoms with E-state index in [1.165, 1.54) is 0 Å². The van der Waals surface area contributed by atoms with Crippen molar-refractivity contribution < 1.29 is 10.4 Å². The number of aromatic nitrogens is 2. The number of fused-ring (bicyclic) bond motifs is 1. The third-order valence-corrected chi connectivity index (χ3v) is 4.93. The summed E-state index contributed by atoms with van der Waals surface area (Å²) in [5.74, 6) is -0.305. The van der Waals surface area contributed by atoms with Crippen LogP contribution >= 0.6 is 0 Å². The van der Waals surface area contributed by atoms with Crippen molar-refractivity contribution in [3.8, 4) is 11.6 Å². The fourth-order valence-electron chi connectivity index (χ4n) is 3.62. The van der Waals surface area contributed by atoms with Crippen molar-refractivity contribution in [3.05, 3.63) is 91.6 Å². The number of benzene rings is 2. The molecule has 0 unspecified atom stereocenters. The van der Waals surface area contributed by atoms with Crippen LogP contribution in [0.2, 0.25) is 0 Å². The van der Waals surface area contributed by atoms with E-state index in [0.29, 0.717) is 5.69 Å². The number of aromatic hydroxyl groups is 1. The number of quaternary nitrogens is 1. The third-order valence-electron chi connectivity index (χ3n) is 4.93. The molecular formula is C20H20N3O3+. The molecule has 4 N–H and O–H groups in total. The van der Waals surface area contributed by atoms with Crippen molar-refractivity contribution >= 4 is 0 Å². The topological polar surface area (TPSA) is 91.7 Å². The summed E-state index contributed by atoms with van der Waals surface area (Å²) in [5.41, 5.74) is 2.72. The standard InChI is InChI=1S/C20H19N3O3/c1-12-6-8-14(9-7-12)23-19(25)16(18(24)22-20(23)26)17-15-5-3-2-4-13(15)10-11-21-17/h2-9,17,21,25H,10-11H2,1H3,(H,22,24,26)/p+1/t17-/m1/s1. The van der Waals surface area contributed by atoms with E-state index >= 15 is 0 Å². The molecule has 0 amide bonds. The smallest absolute Gasteiger partial charge is 0.335 e. The molecule has 6 nitrogen and oxygen atoms in total. The maximum atomic E-state index is 12.6. The minimum Gasteiger partial charge on any atom is -0.494 e. The molecule has 6 heteroatoms. The summed E-state index contributed by atoms with van der Waals surface area (Å²) >= 11 is 0. The molecular weight excluding hydrogens is 330 g/mol. The van der Waals surface area contributed by atoms with Crippen molar-refractivity contribution in [2.75, 3.05) is 6.54 Å². The van der Waals surface area contributed by atoms with Gasteiger partial charge in [-0.15, -0.1) is 0 Å². The number of nitrogens with zero attached hydrogens (tertiary/aromatic N) is 1. The highest BCUT2D eigenvalue weighted by molar-refractivity contribution is 5.44. The molecule has 4 rings (SSSR count). The SMILES string of the molecule is Cc1ccc(-n2c(O)c([C@@H]3[NH2+]CCc4ccccc43)c(=O)[nH]c2=O)cc1. The Bertz CT molecular complexity index is 1080. The average molecular weight is 350 g/mol. The van der Waals surface area contributed by atoms with Gasteiger partial charge in [0.2, 0.25) is 5.88 Å². The first-order chi connectivity index (χ1) is 12.6. The van der Waals surface area contributed by atoms with Gasteiger partial charge < -0.3 is 10.4 Å². The lowest BCUT2D eigenvalue weighted by Crippen LogP contribution is -2.87. The second kappa shape index (κ2) is 6.31. The highest BCUT2D eigenvalue weighted by Crippen LogP contribution is 2.28. The van der Waals surface area contributed by atoms with E-state index < -0.39 is 11.2 Å². The van der Waals surface area contributed by atoms with Gasteiger partial charge in [-0.1, -0.05) is 42.0 Å². The zero-order chi connectivity index (χ0) is 18.3. The average Bonchev–Trinajstić information content (AvgIpc) is 2.63. The van der Waals surface area contributed by atoms with Gasteiger partial charge in [0.1, 0.15) is 11.6 Å². The molecule has 1 aliphatic heterocycles. The van der Waals surface area contributed by atoms with Crippen LogP contribution in [0.3, 0.4) is 0 Å². The van der Waals surface area contributed by atoms with Gasteiger partial charge in [-0.3, -0.25) is 9.78 Å². The number of rotatable bonds is 2. The van der Waals surface area contributed by atoms with Crippen molar-refractivity contribution in [1.29, 1.82) is 0 Å². The summed E-state index contributed by atoms with van der Waals surface area (Å²) < 4.78 is 1.15. The molecule has 0 fully saturated rings. The van der Waals surface area contributed by atoms with E-state index in [0.717, 1.165) is 34.2 Å². The Kier molecular flexibility index (Phi) is 3.97. The zero-order valence-corrected chi connectivity index (χ0v) is 14.4. The molecule has 0 bridgehead atoms. The molecule has 1 aromatic heterocycles. The van der Waals surface area contributed by atoms with Crippen LogP contribution in [0.25, 0.3) is 5.69 Å². The Morgan fingerprint density at radius 3 is 2.62 bits per heavy atom.